The predicted molar refractivity (Wildman–Crippen MR) is 108 cm³/mol. The van der Waals surface area contributed by atoms with Crippen molar-refractivity contribution in [3.05, 3.63) is 47.0 Å². The zero-order valence-electron chi connectivity index (χ0n) is 15.9. The Morgan fingerprint density at radius 1 is 1.21 bits per heavy atom. The Kier molecular flexibility index (Phi) is 5.49. The smallest absolute Gasteiger partial charge is 0.230 e. The van der Waals surface area contributed by atoms with Gasteiger partial charge in [-0.05, 0) is 62.8 Å². The Morgan fingerprint density at radius 3 is 2.50 bits per heavy atom. The van der Waals surface area contributed by atoms with Crippen molar-refractivity contribution >= 4 is 29.1 Å². The maximum atomic E-state index is 13.4. The molecular formula is C21H24ClFN4O. The van der Waals surface area contributed by atoms with Gasteiger partial charge in [0.2, 0.25) is 11.9 Å². The van der Waals surface area contributed by atoms with Crippen molar-refractivity contribution in [1.82, 2.24) is 9.97 Å². The summed E-state index contributed by atoms with van der Waals surface area (Å²) in [7, 11) is 0. The summed E-state index contributed by atoms with van der Waals surface area (Å²) in [6, 6.07) is 7.52. The first-order valence-electron chi connectivity index (χ1n) is 9.82. The van der Waals surface area contributed by atoms with Crippen molar-refractivity contribution in [2.24, 2.45) is 11.8 Å². The van der Waals surface area contributed by atoms with Crippen molar-refractivity contribution in [1.29, 1.82) is 0 Å². The third-order valence-corrected chi connectivity index (χ3v) is 5.83. The van der Waals surface area contributed by atoms with Crippen LogP contribution in [0.2, 0.25) is 5.02 Å². The van der Waals surface area contributed by atoms with Crippen molar-refractivity contribution in [3.63, 3.8) is 0 Å². The van der Waals surface area contributed by atoms with E-state index in [1.54, 1.807) is 6.92 Å². The molecule has 0 bridgehead atoms. The molecule has 28 heavy (non-hydrogen) atoms. The summed E-state index contributed by atoms with van der Waals surface area (Å²) >= 11 is 6.01. The van der Waals surface area contributed by atoms with Crippen LogP contribution in [0.3, 0.4) is 0 Å². The summed E-state index contributed by atoms with van der Waals surface area (Å²) in [5, 5.41) is 0.672. The Labute approximate surface area is 169 Å². The first-order chi connectivity index (χ1) is 13.5. The summed E-state index contributed by atoms with van der Waals surface area (Å²) in [4.78, 5) is 25.6. The fourth-order valence-corrected chi connectivity index (χ4v) is 3.77. The average Bonchev–Trinajstić information content (AvgIpc) is 3.53. The van der Waals surface area contributed by atoms with Gasteiger partial charge in [0.15, 0.2) is 5.82 Å². The number of piperidine rings is 1. The Hall–Kier alpha value is -2.21. The highest BCUT2D eigenvalue weighted by Gasteiger charge is 2.33. The van der Waals surface area contributed by atoms with E-state index in [1.807, 2.05) is 34.1 Å². The molecule has 1 aliphatic carbocycles. The van der Waals surface area contributed by atoms with E-state index in [1.165, 1.54) is 19.0 Å². The van der Waals surface area contributed by atoms with Gasteiger partial charge in [-0.25, -0.2) is 14.4 Å². The van der Waals surface area contributed by atoms with Gasteiger partial charge < -0.3 is 9.80 Å². The van der Waals surface area contributed by atoms with Crippen LogP contribution in [-0.2, 0) is 4.79 Å². The van der Waals surface area contributed by atoms with Crippen molar-refractivity contribution < 1.29 is 9.18 Å². The zero-order chi connectivity index (χ0) is 19.7. The van der Waals surface area contributed by atoms with Crippen LogP contribution in [0.5, 0.6) is 0 Å². The minimum absolute atomic E-state index is 0.0211. The van der Waals surface area contributed by atoms with Gasteiger partial charge in [-0.15, -0.1) is 0 Å². The molecule has 1 saturated carbocycles. The van der Waals surface area contributed by atoms with Gasteiger partial charge in [0, 0.05) is 36.3 Å². The van der Waals surface area contributed by atoms with Crippen LogP contribution in [0.1, 0.15) is 31.4 Å². The number of rotatable bonds is 5. The molecule has 2 fully saturated rings. The van der Waals surface area contributed by atoms with Crippen LogP contribution in [-0.4, -0.2) is 35.5 Å². The van der Waals surface area contributed by atoms with Gasteiger partial charge in [-0.2, -0.15) is 0 Å². The van der Waals surface area contributed by atoms with Crippen LogP contribution in [0, 0.1) is 24.6 Å². The second-order valence-electron chi connectivity index (χ2n) is 7.73. The number of carbonyl (C=O) groups excluding carboxylic acids is 1. The number of anilines is 2. The number of carbonyl (C=O) groups is 1. The molecule has 2 aliphatic rings. The molecule has 1 aromatic carbocycles. The third kappa shape index (κ3) is 4.27. The number of aromatic nitrogens is 2. The van der Waals surface area contributed by atoms with Crippen LogP contribution in [0.25, 0.3) is 0 Å². The van der Waals surface area contributed by atoms with Gasteiger partial charge in [0.25, 0.3) is 0 Å². The quantitative estimate of drug-likeness (QED) is 0.750. The number of hydrogen-bond donors (Lipinski definition) is 0. The number of aryl methyl sites for hydroxylation is 1. The molecule has 4 rings (SSSR count). The van der Waals surface area contributed by atoms with E-state index >= 15 is 0 Å². The molecular weight excluding hydrogens is 379 g/mol. The molecule has 1 saturated heterocycles. The highest BCUT2D eigenvalue weighted by atomic mass is 35.5. The summed E-state index contributed by atoms with van der Waals surface area (Å²) in [6.45, 7) is 3.80. The van der Waals surface area contributed by atoms with Crippen molar-refractivity contribution in [2.75, 3.05) is 29.4 Å². The van der Waals surface area contributed by atoms with Crippen LogP contribution in [0.4, 0.5) is 16.0 Å². The Morgan fingerprint density at radius 2 is 1.89 bits per heavy atom. The normalized spacial score (nSPS) is 17.6. The van der Waals surface area contributed by atoms with Gasteiger partial charge in [0.05, 0.1) is 11.9 Å². The largest absolute Gasteiger partial charge is 0.341 e. The van der Waals surface area contributed by atoms with Gasteiger partial charge in [-0.3, -0.25) is 4.79 Å². The molecule has 1 aromatic heterocycles. The third-order valence-electron chi connectivity index (χ3n) is 5.58. The number of nitrogens with zero attached hydrogens (tertiary/aromatic N) is 4. The number of amides is 1. The molecule has 2 aromatic rings. The fraction of sp³-hybridized carbons (Fsp3) is 0.476. The van der Waals surface area contributed by atoms with Crippen molar-refractivity contribution in [2.45, 2.75) is 32.6 Å². The highest BCUT2D eigenvalue weighted by molar-refractivity contribution is 6.30. The lowest BCUT2D eigenvalue weighted by molar-refractivity contribution is -0.123. The van der Waals surface area contributed by atoms with E-state index < -0.39 is 5.82 Å². The molecule has 5 nitrogen and oxygen atoms in total. The molecule has 0 atom stereocenters. The average molecular weight is 403 g/mol. The van der Waals surface area contributed by atoms with E-state index in [-0.39, 0.29) is 11.8 Å². The minimum Gasteiger partial charge on any atom is -0.341 e. The second kappa shape index (κ2) is 8.03. The Balaban J connectivity index is 1.43. The number of halogens is 2. The molecule has 2 heterocycles. The summed E-state index contributed by atoms with van der Waals surface area (Å²) < 4.78 is 13.4. The summed E-state index contributed by atoms with van der Waals surface area (Å²) in [6.07, 6.45) is 5.09. The summed E-state index contributed by atoms with van der Waals surface area (Å²) in [5.41, 5.74) is 1.27. The first kappa shape index (κ1) is 19.1. The zero-order valence-corrected chi connectivity index (χ0v) is 16.7. The van der Waals surface area contributed by atoms with E-state index in [0.29, 0.717) is 35.7 Å². The van der Waals surface area contributed by atoms with Gasteiger partial charge in [-0.1, -0.05) is 11.6 Å². The van der Waals surface area contributed by atoms with Gasteiger partial charge >= 0.3 is 0 Å². The lowest BCUT2D eigenvalue weighted by Gasteiger charge is -2.34. The van der Waals surface area contributed by atoms with Crippen LogP contribution in [0.15, 0.2) is 30.5 Å². The predicted octanol–water partition coefficient (Wildman–Crippen LogP) is 4.24. The Bertz CT molecular complexity index is 848. The van der Waals surface area contributed by atoms with E-state index in [4.69, 9.17) is 11.6 Å². The van der Waals surface area contributed by atoms with Crippen molar-refractivity contribution in [3.8, 4) is 0 Å². The molecule has 0 spiro atoms. The van der Waals surface area contributed by atoms with Crippen LogP contribution < -0.4 is 9.80 Å². The number of hydrogen-bond acceptors (Lipinski definition) is 4. The molecule has 7 heteroatoms. The standard InChI is InChI=1S/C21H24ClFN4O/c1-14-19(23)12-24-21(25-14)26-10-8-16(9-11-26)20(28)27(13-15-2-3-15)18-6-4-17(22)5-7-18/h4-7,12,15-16H,2-3,8-11,13H2,1H3. The highest BCUT2D eigenvalue weighted by Crippen LogP contribution is 2.33. The van der Waals surface area contributed by atoms with Crippen LogP contribution >= 0.6 is 11.6 Å². The van der Waals surface area contributed by atoms with E-state index in [9.17, 15) is 9.18 Å². The monoisotopic (exact) mass is 402 g/mol. The van der Waals surface area contributed by atoms with Gasteiger partial charge in [0.1, 0.15) is 0 Å². The molecule has 0 radical (unpaired) electrons. The van der Waals surface area contributed by atoms with E-state index in [0.717, 1.165) is 25.1 Å². The lowest BCUT2D eigenvalue weighted by Crippen LogP contribution is -2.44. The second-order valence-corrected chi connectivity index (χ2v) is 8.17. The maximum Gasteiger partial charge on any atom is 0.230 e. The minimum atomic E-state index is -0.396. The fourth-order valence-electron chi connectivity index (χ4n) is 3.64. The topological polar surface area (TPSA) is 49.3 Å². The molecule has 1 amide bonds. The molecule has 0 N–H and O–H groups in total. The maximum absolute atomic E-state index is 13.4. The number of benzene rings is 1. The molecule has 1 aliphatic heterocycles. The van der Waals surface area contributed by atoms with E-state index in [2.05, 4.69) is 9.97 Å². The SMILES string of the molecule is Cc1nc(N2CCC(C(=O)N(CC3CC3)c3ccc(Cl)cc3)CC2)ncc1F. The lowest BCUT2D eigenvalue weighted by atomic mass is 9.95. The first-order valence-corrected chi connectivity index (χ1v) is 10.2. The molecule has 0 unspecified atom stereocenters. The molecule has 148 valence electrons. The summed E-state index contributed by atoms with van der Waals surface area (Å²) in [5.74, 6) is 0.914.